The second kappa shape index (κ2) is 7.47. The molecule has 0 aliphatic heterocycles. The van der Waals surface area contributed by atoms with Gasteiger partial charge in [-0.25, -0.2) is 0 Å². The summed E-state index contributed by atoms with van der Waals surface area (Å²) in [5, 5.41) is 19.8. The van der Waals surface area contributed by atoms with Gasteiger partial charge in [0.2, 0.25) is 0 Å². The molecule has 0 radical (unpaired) electrons. The third kappa shape index (κ3) is 3.57. The van der Waals surface area contributed by atoms with Crippen LogP contribution < -0.4 is 0 Å². The van der Waals surface area contributed by atoms with Gasteiger partial charge in [-0.15, -0.1) is 0 Å². The molecule has 0 heterocycles. The number of nitrogens with zero attached hydrogens (tertiary/aromatic N) is 2. The molecule has 1 aromatic carbocycles. The maximum Gasteiger partial charge on any atom is 0.115 e. The number of phenolic OH excluding ortho intramolecular Hbond substituents is 1. The van der Waals surface area contributed by atoms with Crippen LogP contribution in [0.5, 0.6) is 5.75 Å². The molecule has 0 aliphatic carbocycles. The lowest BCUT2D eigenvalue weighted by molar-refractivity contribution is 0.186. The Balaban J connectivity index is 3.24. The summed E-state index contributed by atoms with van der Waals surface area (Å²) in [6.07, 6.45) is 0. The predicted molar refractivity (Wildman–Crippen MR) is 87.2 cm³/mol. The summed E-state index contributed by atoms with van der Waals surface area (Å²) in [5.41, 5.74) is 0.334. The van der Waals surface area contributed by atoms with Crippen LogP contribution in [-0.4, -0.2) is 29.6 Å². The monoisotopic (exact) mass is 288 g/mol. The second-order valence-corrected chi connectivity index (χ2v) is 6.07. The van der Waals surface area contributed by atoms with Crippen molar-refractivity contribution in [3.8, 4) is 11.8 Å². The van der Waals surface area contributed by atoms with Crippen molar-refractivity contribution >= 4 is 0 Å². The molecule has 2 atom stereocenters. The van der Waals surface area contributed by atoms with Crippen molar-refractivity contribution in [2.24, 2.45) is 11.8 Å². The summed E-state index contributed by atoms with van der Waals surface area (Å²) in [6.45, 7) is 13.5. The van der Waals surface area contributed by atoms with E-state index in [4.69, 9.17) is 0 Å². The Morgan fingerprint density at radius 1 is 1.24 bits per heavy atom. The van der Waals surface area contributed by atoms with Gasteiger partial charge in [0.1, 0.15) is 5.75 Å². The molecule has 2 unspecified atom stereocenters. The molecule has 0 spiro atoms. The van der Waals surface area contributed by atoms with Crippen molar-refractivity contribution in [1.29, 1.82) is 5.26 Å². The first-order valence-corrected chi connectivity index (χ1v) is 7.85. The molecule has 3 nitrogen and oxygen atoms in total. The Morgan fingerprint density at radius 2 is 1.86 bits per heavy atom. The fourth-order valence-corrected chi connectivity index (χ4v) is 3.27. The molecule has 0 saturated heterocycles. The lowest BCUT2D eigenvalue weighted by Gasteiger charge is -2.39. The minimum absolute atomic E-state index is 0.176. The summed E-state index contributed by atoms with van der Waals surface area (Å²) in [6, 6.07) is 9.75. The number of hydrogen-bond acceptors (Lipinski definition) is 3. The van der Waals surface area contributed by atoms with E-state index in [0.717, 1.165) is 25.2 Å². The van der Waals surface area contributed by atoms with E-state index in [1.165, 1.54) is 0 Å². The third-order valence-corrected chi connectivity index (χ3v) is 4.62. The van der Waals surface area contributed by atoms with Gasteiger partial charge in [-0.3, -0.25) is 0 Å². The summed E-state index contributed by atoms with van der Waals surface area (Å²) < 4.78 is 0. The number of phenols is 1. The molecule has 3 heteroatoms. The third-order valence-electron chi connectivity index (χ3n) is 4.62. The van der Waals surface area contributed by atoms with E-state index in [1.54, 1.807) is 12.1 Å². The standard InChI is InChI=1S/C18H28N2O/c1-6-20(7-2)12-15(5)18(13-19,14(3)4)16-9-8-10-17(21)11-16/h8-11,14-15,21H,6-7,12H2,1-5H3. The second-order valence-electron chi connectivity index (χ2n) is 6.07. The van der Waals surface area contributed by atoms with Gasteiger partial charge in [0.05, 0.1) is 11.5 Å². The lowest BCUT2D eigenvalue weighted by Crippen LogP contribution is -2.43. The number of benzene rings is 1. The maximum atomic E-state index is 9.97. The fraction of sp³-hybridized carbons (Fsp3) is 0.611. The first-order chi connectivity index (χ1) is 9.92. The van der Waals surface area contributed by atoms with Crippen LogP contribution >= 0.6 is 0 Å². The minimum Gasteiger partial charge on any atom is -0.508 e. The highest BCUT2D eigenvalue weighted by molar-refractivity contribution is 5.39. The van der Waals surface area contributed by atoms with Crippen LogP contribution in [0.15, 0.2) is 24.3 Å². The van der Waals surface area contributed by atoms with Gasteiger partial charge in [-0.2, -0.15) is 5.26 Å². The van der Waals surface area contributed by atoms with Crippen LogP contribution in [0.2, 0.25) is 0 Å². The molecule has 0 saturated carbocycles. The van der Waals surface area contributed by atoms with Crippen LogP contribution in [0.25, 0.3) is 0 Å². The van der Waals surface area contributed by atoms with E-state index < -0.39 is 5.41 Å². The number of hydrogen-bond donors (Lipinski definition) is 1. The first kappa shape index (κ1) is 17.5. The molecule has 0 amide bonds. The van der Waals surface area contributed by atoms with Gasteiger partial charge in [-0.1, -0.05) is 46.8 Å². The lowest BCUT2D eigenvalue weighted by atomic mass is 9.64. The summed E-state index contributed by atoms with van der Waals surface area (Å²) in [4.78, 5) is 2.35. The zero-order chi connectivity index (χ0) is 16.0. The summed E-state index contributed by atoms with van der Waals surface area (Å²) in [5.74, 6) is 0.585. The van der Waals surface area contributed by atoms with Gasteiger partial charge in [0, 0.05) is 6.54 Å². The van der Waals surface area contributed by atoms with E-state index in [9.17, 15) is 10.4 Å². The van der Waals surface area contributed by atoms with E-state index in [2.05, 4.69) is 45.6 Å². The Hall–Kier alpha value is -1.53. The number of rotatable bonds is 7. The van der Waals surface area contributed by atoms with Crippen molar-refractivity contribution in [2.45, 2.75) is 40.0 Å². The van der Waals surface area contributed by atoms with Crippen LogP contribution in [0.3, 0.4) is 0 Å². The van der Waals surface area contributed by atoms with Crippen molar-refractivity contribution in [3.05, 3.63) is 29.8 Å². The van der Waals surface area contributed by atoms with E-state index >= 15 is 0 Å². The molecule has 1 N–H and O–H groups in total. The Morgan fingerprint density at radius 3 is 2.29 bits per heavy atom. The molecule has 0 aromatic heterocycles. The van der Waals surface area contributed by atoms with Crippen molar-refractivity contribution in [1.82, 2.24) is 4.90 Å². The average Bonchev–Trinajstić information content (AvgIpc) is 2.45. The largest absolute Gasteiger partial charge is 0.508 e. The van der Waals surface area contributed by atoms with Gasteiger partial charge >= 0.3 is 0 Å². The molecule has 0 bridgehead atoms. The van der Waals surface area contributed by atoms with Crippen molar-refractivity contribution in [2.75, 3.05) is 19.6 Å². The molecular formula is C18H28N2O. The molecule has 0 aliphatic rings. The molecule has 1 aromatic rings. The van der Waals surface area contributed by atoms with Crippen LogP contribution in [0, 0.1) is 23.2 Å². The highest BCUT2D eigenvalue weighted by Gasteiger charge is 2.42. The molecule has 21 heavy (non-hydrogen) atoms. The SMILES string of the molecule is CCN(CC)CC(C)C(C#N)(c1cccc(O)c1)C(C)C. The molecule has 0 fully saturated rings. The van der Waals surface area contributed by atoms with Gasteiger partial charge in [0.15, 0.2) is 0 Å². The zero-order valence-corrected chi connectivity index (χ0v) is 13.9. The molecular weight excluding hydrogens is 260 g/mol. The Bertz CT molecular complexity index is 488. The highest BCUT2D eigenvalue weighted by atomic mass is 16.3. The van der Waals surface area contributed by atoms with E-state index in [-0.39, 0.29) is 17.6 Å². The smallest absolute Gasteiger partial charge is 0.115 e. The van der Waals surface area contributed by atoms with E-state index in [1.807, 2.05) is 12.1 Å². The van der Waals surface area contributed by atoms with Gasteiger partial charge < -0.3 is 10.0 Å². The van der Waals surface area contributed by atoms with Crippen LogP contribution in [0.4, 0.5) is 0 Å². The average molecular weight is 288 g/mol. The fourth-order valence-electron chi connectivity index (χ4n) is 3.27. The van der Waals surface area contributed by atoms with Crippen LogP contribution in [-0.2, 0) is 5.41 Å². The normalized spacial score (nSPS) is 15.7. The highest BCUT2D eigenvalue weighted by Crippen LogP contribution is 2.40. The summed E-state index contributed by atoms with van der Waals surface area (Å²) >= 11 is 0. The minimum atomic E-state index is -0.582. The Labute approximate surface area is 129 Å². The van der Waals surface area contributed by atoms with E-state index in [0.29, 0.717) is 0 Å². The van der Waals surface area contributed by atoms with Gasteiger partial charge in [0.25, 0.3) is 0 Å². The zero-order valence-electron chi connectivity index (χ0n) is 13.9. The number of aromatic hydroxyl groups is 1. The first-order valence-electron chi connectivity index (χ1n) is 7.85. The molecule has 116 valence electrons. The Kier molecular flexibility index (Phi) is 6.23. The predicted octanol–water partition coefficient (Wildman–Crippen LogP) is 3.79. The van der Waals surface area contributed by atoms with Crippen molar-refractivity contribution in [3.63, 3.8) is 0 Å². The topological polar surface area (TPSA) is 47.3 Å². The summed E-state index contributed by atoms with van der Waals surface area (Å²) in [7, 11) is 0. The maximum absolute atomic E-state index is 9.97. The van der Waals surface area contributed by atoms with Crippen LogP contribution in [0.1, 0.15) is 40.2 Å². The molecule has 1 rings (SSSR count). The quantitative estimate of drug-likeness (QED) is 0.830. The van der Waals surface area contributed by atoms with Crippen molar-refractivity contribution < 1.29 is 5.11 Å². The van der Waals surface area contributed by atoms with Gasteiger partial charge in [-0.05, 0) is 42.6 Å². The number of nitriles is 1.